The standard InChI is InChI=1S/C23H30N4O9/c24-14(12-19(30)31)22(34)27-10-4-7-17(27)21(33)25-15(8-9-18(28)29)20(32)26-16(23(35)36)11-13-5-2-1-3-6-13/h1-3,5-6,14-17H,4,7-12,24H2,(H,25,33)(H,26,32)(H,28,29)(H,30,31)(H,35,36). The summed E-state index contributed by atoms with van der Waals surface area (Å²) in [6, 6.07) is 3.46. The van der Waals surface area contributed by atoms with Crippen LogP contribution < -0.4 is 16.4 Å². The molecule has 0 saturated carbocycles. The van der Waals surface area contributed by atoms with Crippen molar-refractivity contribution >= 4 is 35.6 Å². The van der Waals surface area contributed by atoms with Crippen LogP contribution in [0.3, 0.4) is 0 Å². The maximum absolute atomic E-state index is 13.0. The van der Waals surface area contributed by atoms with Crippen LogP contribution in [0.2, 0.25) is 0 Å². The molecule has 7 N–H and O–H groups in total. The van der Waals surface area contributed by atoms with Gasteiger partial charge in [0.15, 0.2) is 0 Å². The Kier molecular flexibility index (Phi) is 10.3. The molecule has 13 heteroatoms. The van der Waals surface area contributed by atoms with Gasteiger partial charge in [-0.05, 0) is 24.8 Å². The third kappa shape index (κ3) is 8.34. The largest absolute Gasteiger partial charge is 0.481 e. The Morgan fingerprint density at radius 2 is 1.64 bits per heavy atom. The predicted molar refractivity (Wildman–Crippen MR) is 123 cm³/mol. The number of hydrogen-bond donors (Lipinski definition) is 6. The summed E-state index contributed by atoms with van der Waals surface area (Å²) < 4.78 is 0. The summed E-state index contributed by atoms with van der Waals surface area (Å²) in [5, 5.41) is 32.3. The van der Waals surface area contributed by atoms with Gasteiger partial charge in [0.1, 0.15) is 18.1 Å². The number of carbonyl (C=O) groups excluding carboxylic acids is 3. The number of likely N-dealkylation sites (tertiary alicyclic amines) is 1. The molecule has 0 spiro atoms. The second kappa shape index (κ2) is 13.2. The molecule has 1 aromatic rings. The number of rotatable bonds is 13. The molecule has 0 aromatic heterocycles. The van der Waals surface area contributed by atoms with E-state index in [1.165, 1.54) is 0 Å². The highest BCUT2D eigenvalue weighted by molar-refractivity contribution is 5.95. The third-order valence-electron chi connectivity index (χ3n) is 5.73. The maximum atomic E-state index is 13.0. The lowest BCUT2D eigenvalue weighted by molar-refractivity contribution is -0.145. The van der Waals surface area contributed by atoms with Gasteiger partial charge in [-0.3, -0.25) is 24.0 Å². The van der Waals surface area contributed by atoms with Gasteiger partial charge < -0.3 is 36.6 Å². The van der Waals surface area contributed by atoms with Crippen LogP contribution in [0.4, 0.5) is 0 Å². The van der Waals surface area contributed by atoms with Gasteiger partial charge in [-0.1, -0.05) is 30.3 Å². The Morgan fingerprint density at radius 3 is 2.22 bits per heavy atom. The predicted octanol–water partition coefficient (Wildman–Crippen LogP) is -1.06. The first-order valence-corrected chi connectivity index (χ1v) is 11.4. The summed E-state index contributed by atoms with van der Waals surface area (Å²) in [4.78, 5) is 73.3. The first kappa shape index (κ1) is 28.2. The van der Waals surface area contributed by atoms with Gasteiger partial charge in [-0.15, -0.1) is 0 Å². The SMILES string of the molecule is NC(CC(=O)O)C(=O)N1CCCC1C(=O)NC(CCC(=O)O)C(=O)NC(Cc1ccccc1)C(=O)O. The summed E-state index contributed by atoms with van der Waals surface area (Å²) in [6.45, 7) is 0.161. The Morgan fingerprint density at radius 1 is 0.972 bits per heavy atom. The number of carbonyl (C=O) groups is 6. The molecule has 196 valence electrons. The number of nitrogens with zero attached hydrogens (tertiary/aromatic N) is 1. The van der Waals surface area contributed by atoms with E-state index in [1.807, 2.05) is 0 Å². The summed E-state index contributed by atoms with van der Waals surface area (Å²) in [5.41, 5.74) is 6.30. The molecule has 0 bridgehead atoms. The molecule has 0 aliphatic carbocycles. The zero-order chi connectivity index (χ0) is 26.8. The van der Waals surface area contributed by atoms with Gasteiger partial charge >= 0.3 is 17.9 Å². The van der Waals surface area contributed by atoms with Crippen molar-refractivity contribution in [3.8, 4) is 0 Å². The van der Waals surface area contributed by atoms with Crippen molar-refractivity contribution in [2.75, 3.05) is 6.54 Å². The minimum Gasteiger partial charge on any atom is -0.481 e. The molecule has 1 aliphatic rings. The first-order chi connectivity index (χ1) is 17.0. The average molecular weight is 507 g/mol. The van der Waals surface area contributed by atoms with Crippen LogP contribution >= 0.6 is 0 Å². The summed E-state index contributed by atoms with van der Waals surface area (Å²) >= 11 is 0. The molecule has 2 rings (SSSR count). The van der Waals surface area contributed by atoms with Crippen LogP contribution in [0.25, 0.3) is 0 Å². The molecular formula is C23H30N4O9. The number of carboxylic acids is 3. The highest BCUT2D eigenvalue weighted by Crippen LogP contribution is 2.19. The lowest BCUT2D eigenvalue weighted by atomic mass is 10.0. The topological polar surface area (TPSA) is 216 Å². The van der Waals surface area contributed by atoms with Gasteiger partial charge in [-0.2, -0.15) is 0 Å². The number of amides is 3. The van der Waals surface area contributed by atoms with E-state index in [2.05, 4.69) is 10.6 Å². The van der Waals surface area contributed by atoms with E-state index in [4.69, 9.17) is 15.9 Å². The van der Waals surface area contributed by atoms with E-state index >= 15 is 0 Å². The molecule has 4 unspecified atom stereocenters. The summed E-state index contributed by atoms with van der Waals surface area (Å²) in [7, 11) is 0. The van der Waals surface area contributed by atoms with Gasteiger partial charge in [0.25, 0.3) is 0 Å². The van der Waals surface area contributed by atoms with Gasteiger partial charge in [0, 0.05) is 19.4 Å². The Hall–Kier alpha value is -4.00. The van der Waals surface area contributed by atoms with E-state index in [1.54, 1.807) is 30.3 Å². The van der Waals surface area contributed by atoms with Crippen LogP contribution in [0.5, 0.6) is 0 Å². The van der Waals surface area contributed by atoms with Crippen LogP contribution in [-0.4, -0.2) is 86.6 Å². The van der Waals surface area contributed by atoms with Crippen molar-refractivity contribution in [1.29, 1.82) is 0 Å². The van der Waals surface area contributed by atoms with Gasteiger partial charge in [0.05, 0.1) is 12.5 Å². The molecule has 0 radical (unpaired) electrons. The molecule has 13 nitrogen and oxygen atoms in total. The number of nitrogens with two attached hydrogens (primary N) is 1. The number of aliphatic carboxylic acids is 3. The van der Waals surface area contributed by atoms with Crippen molar-refractivity contribution in [2.45, 2.75) is 62.7 Å². The molecule has 1 fully saturated rings. The highest BCUT2D eigenvalue weighted by atomic mass is 16.4. The monoisotopic (exact) mass is 506 g/mol. The quantitative estimate of drug-likeness (QED) is 0.190. The van der Waals surface area contributed by atoms with Crippen LogP contribution in [0, 0.1) is 0 Å². The number of hydrogen-bond acceptors (Lipinski definition) is 7. The molecule has 1 saturated heterocycles. The first-order valence-electron chi connectivity index (χ1n) is 11.4. The molecule has 4 atom stereocenters. The van der Waals surface area contributed by atoms with Crippen LogP contribution in [0.1, 0.15) is 37.7 Å². The smallest absolute Gasteiger partial charge is 0.326 e. The van der Waals surface area contributed by atoms with Crippen LogP contribution in [0.15, 0.2) is 30.3 Å². The normalized spacial score (nSPS) is 17.5. The lowest BCUT2D eigenvalue weighted by Gasteiger charge is -2.28. The van der Waals surface area contributed by atoms with Crippen molar-refractivity contribution in [3.05, 3.63) is 35.9 Å². The average Bonchev–Trinajstić information content (AvgIpc) is 3.30. The minimum atomic E-state index is -1.38. The van der Waals surface area contributed by atoms with E-state index < -0.39 is 72.6 Å². The zero-order valence-electron chi connectivity index (χ0n) is 19.5. The number of carboxylic acid groups (broad SMARTS) is 3. The maximum Gasteiger partial charge on any atom is 0.326 e. The summed E-state index contributed by atoms with van der Waals surface area (Å²) in [6.07, 6.45) is -0.779. The molecule has 1 aliphatic heterocycles. The van der Waals surface area contributed by atoms with Gasteiger partial charge in [0.2, 0.25) is 17.7 Å². The van der Waals surface area contributed by atoms with E-state index in [0.29, 0.717) is 12.0 Å². The molecule has 1 heterocycles. The van der Waals surface area contributed by atoms with Crippen molar-refractivity contribution < 1.29 is 44.1 Å². The fraction of sp³-hybridized carbons (Fsp3) is 0.478. The molecule has 3 amide bonds. The molecule has 36 heavy (non-hydrogen) atoms. The van der Waals surface area contributed by atoms with Crippen LogP contribution in [-0.2, 0) is 35.2 Å². The molecule has 1 aromatic carbocycles. The Labute approximate surface area is 206 Å². The third-order valence-corrected chi connectivity index (χ3v) is 5.73. The molecular weight excluding hydrogens is 476 g/mol. The second-order valence-corrected chi connectivity index (χ2v) is 8.48. The van der Waals surface area contributed by atoms with Crippen molar-refractivity contribution in [2.24, 2.45) is 5.73 Å². The van der Waals surface area contributed by atoms with E-state index in [-0.39, 0.29) is 25.8 Å². The van der Waals surface area contributed by atoms with Crippen molar-refractivity contribution in [3.63, 3.8) is 0 Å². The zero-order valence-corrected chi connectivity index (χ0v) is 19.5. The highest BCUT2D eigenvalue weighted by Gasteiger charge is 2.38. The number of nitrogens with one attached hydrogen (secondary N) is 2. The second-order valence-electron chi connectivity index (χ2n) is 8.48. The lowest BCUT2D eigenvalue weighted by Crippen LogP contribution is -2.57. The van der Waals surface area contributed by atoms with Crippen molar-refractivity contribution in [1.82, 2.24) is 15.5 Å². The van der Waals surface area contributed by atoms with E-state index in [0.717, 1.165) is 4.90 Å². The summed E-state index contributed by atoms with van der Waals surface area (Å²) in [5.74, 6) is -6.16. The number of benzene rings is 1. The fourth-order valence-corrected chi connectivity index (χ4v) is 3.92. The van der Waals surface area contributed by atoms with Gasteiger partial charge in [-0.25, -0.2) is 4.79 Å². The Bertz CT molecular complexity index is 985. The Balaban J connectivity index is 2.13. The fourth-order valence-electron chi connectivity index (χ4n) is 3.92. The minimum absolute atomic E-state index is 0.0338. The van der Waals surface area contributed by atoms with E-state index in [9.17, 15) is 33.9 Å².